The van der Waals surface area contributed by atoms with Gasteiger partial charge in [0.15, 0.2) is 5.13 Å². The van der Waals surface area contributed by atoms with Crippen molar-refractivity contribution in [2.75, 3.05) is 18.0 Å². The Morgan fingerprint density at radius 1 is 1.44 bits per heavy atom. The van der Waals surface area contributed by atoms with Crippen LogP contribution in [0.15, 0.2) is 5.38 Å². The van der Waals surface area contributed by atoms with E-state index in [1.54, 1.807) is 11.3 Å². The quantitative estimate of drug-likeness (QED) is 0.862. The highest BCUT2D eigenvalue weighted by Gasteiger charge is 2.24. The van der Waals surface area contributed by atoms with Crippen molar-refractivity contribution in [3.05, 3.63) is 11.1 Å². The molecule has 0 unspecified atom stereocenters. The minimum Gasteiger partial charge on any atom is -0.348 e. The Kier molecular flexibility index (Phi) is 3.50. The lowest BCUT2D eigenvalue weighted by molar-refractivity contribution is 0.325. The van der Waals surface area contributed by atoms with Crippen LogP contribution in [0.2, 0.25) is 0 Å². The molecule has 0 bridgehead atoms. The Bertz CT molecular complexity index is 346. The number of anilines is 1. The third-order valence-electron chi connectivity index (χ3n) is 3.36. The standard InChI is InChI=1S/C12H21N3S/c1-12(2)4-3-6-15(7-5-12)11-14-10(8-13)9-16-11/h9H,3-8,13H2,1-2H3. The molecule has 0 aliphatic carbocycles. The van der Waals surface area contributed by atoms with E-state index in [0.29, 0.717) is 12.0 Å². The average molecular weight is 239 g/mol. The molecule has 1 aromatic heterocycles. The third-order valence-corrected chi connectivity index (χ3v) is 4.31. The molecule has 1 fully saturated rings. The van der Waals surface area contributed by atoms with Crippen molar-refractivity contribution in [1.29, 1.82) is 0 Å². The molecular weight excluding hydrogens is 218 g/mol. The molecule has 0 radical (unpaired) electrons. The molecule has 1 aliphatic heterocycles. The number of nitrogens with two attached hydrogens (primary N) is 1. The second-order valence-electron chi connectivity index (χ2n) is 5.33. The first kappa shape index (κ1) is 11.9. The average Bonchev–Trinajstić information content (AvgIpc) is 2.64. The molecule has 2 N–H and O–H groups in total. The van der Waals surface area contributed by atoms with Crippen LogP contribution >= 0.6 is 11.3 Å². The first-order valence-electron chi connectivity index (χ1n) is 6.00. The second-order valence-corrected chi connectivity index (χ2v) is 6.17. The summed E-state index contributed by atoms with van der Waals surface area (Å²) in [6, 6.07) is 0. The van der Waals surface area contributed by atoms with Crippen LogP contribution in [0.5, 0.6) is 0 Å². The van der Waals surface area contributed by atoms with Gasteiger partial charge in [-0.05, 0) is 24.7 Å². The molecule has 1 aromatic rings. The fourth-order valence-electron chi connectivity index (χ4n) is 2.15. The van der Waals surface area contributed by atoms with E-state index >= 15 is 0 Å². The molecule has 4 heteroatoms. The van der Waals surface area contributed by atoms with Gasteiger partial charge < -0.3 is 10.6 Å². The smallest absolute Gasteiger partial charge is 0.185 e. The van der Waals surface area contributed by atoms with E-state index < -0.39 is 0 Å². The van der Waals surface area contributed by atoms with Crippen molar-refractivity contribution in [1.82, 2.24) is 4.98 Å². The van der Waals surface area contributed by atoms with E-state index in [2.05, 4.69) is 29.1 Å². The third kappa shape index (κ3) is 2.74. The Hall–Kier alpha value is -0.610. The van der Waals surface area contributed by atoms with Crippen molar-refractivity contribution in [3.8, 4) is 0 Å². The van der Waals surface area contributed by atoms with Crippen LogP contribution in [-0.4, -0.2) is 18.1 Å². The molecule has 2 heterocycles. The second kappa shape index (κ2) is 4.72. The first-order chi connectivity index (χ1) is 7.61. The zero-order valence-corrected chi connectivity index (χ0v) is 11.0. The van der Waals surface area contributed by atoms with Crippen LogP contribution in [0.3, 0.4) is 0 Å². The van der Waals surface area contributed by atoms with Crippen LogP contribution in [0.4, 0.5) is 5.13 Å². The minimum absolute atomic E-state index is 0.489. The predicted octanol–water partition coefficient (Wildman–Crippen LogP) is 2.62. The highest BCUT2D eigenvalue weighted by molar-refractivity contribution is 7.13. The zero-order valence-electron chi connectivity index (χ0n) is 10.2. The number of thiazole rings is 1. The van der Waals surface area contributed by atoms with Gasteiger partial charge in [-0.2, -0.15) is 0 Å². The minimum atomic E-state index is 0.489. The number of hydrogen-bond acceptors (Lipinski definition) is 4. The Labute approximate surface area is 102 Å². The summed E-state index contributed by atoms with van der Waals surface area (Å²) in [7, 11) is 0. The monoisotopic (exact) mass is 239 g/mol. The lowest BCUT2D eigenvalue weighted by atomic mass is 9.85. The van der Waals surface area contributed by atoms with Gasteiger partial charge in [-0.15, -0.1) is 11.3 Å². The summed E-state index contributed by atoms with van der Waals surface area (Å²) in [6.07, 6.45) is 3.84. The van der Waals surface area contributed by atoms with Gasteiger partial charge in [0, 0.05) is 25.0 Å². The van der Waals surface area contributed by atoms with Crippen LogP contribution in [0, 0.1) is 5.41 Å². The highest BCUT2D eigenvalue weighted by Crippen LogP contribution is 2.32. The molecular formula is C12H21N3S. The van der Waals surface area contributed by atoms with Crippen LogP contribution in [-0.2, 0) is 6.54 Å². The largest absolute Gasteiger partial charge is 0.348 e. The summed E-state index contributed by atoms with van der Waals surface area (Å²) >= 11 is 1.72. The maximum Gasteiger partial charge on any atom is 0.185 e. The topological polar surface area (TPSA) is 42.2 Å². The molecule has 0 amide bonds. The van der Waals surface area contributed by atoms with E-state index in [0.717, 1.165) is 23.9 Å². The zero-order chi connectivity index (χ0) is 11.6. The number of rotatable bonds is 2. The summed E-state index contributed by atoms with van der Waals surface area (Å²) in [6.45, 7) is 7.55. The summed E-state index contributed by atoms with van der Waals surface area (Å²) in [5, 5.41) is 3.23. The van der Waals surface area contributed by atoms with Crippen molar-refractivity contribution >= 4 is 16.5 Å². The highest BCUT2D eigenvalue weighted by atomic mass is 32.1. The Balaban J connectivity index is 2.04. The van der Waals surface area contributed by atoms with Gasteiger partial charge in [-0.1, -0.05) is 13.8 Å². The SMILES string of the molecule is CC1(C)CCCN(c2nc(CN)cs2)CC1. The number of hydrogen-bond donors (Lipinski definition) is 1. The van der Waals surface area contributed by atoms with E-state index in [1.807, 2.05) is 0 Å². The molecule has 2 rings (SSSR count). The maximum absolute atomic E-state index is 5.59. The van der Waals surface area contributed by atoms with E-state index in [1.165, 1.54) is 19.3 Å². The molecule has 0 spiro atoms. The molecule has 1 saturated heterocycles. The lowest BCUT2D eigenvalue weighted by Crippen LogP contribution is -2.24. The van der Waals surface area contributed by atoms with E-state index in [4.69, 9.17) is 5.73 Å². The summed E-state index contributed by atoms with van der Waals surface area (Å²) < 4.78 is 0. The molecule has 0 saturated carbocycles. The van der Waals surface area contributed by atoms with Gasteiger partial charge in [0.1, 0.15) is 0 Å². The van der Waals surface area contributed by atoms with E-state index in [-0.39, 0.29) is 0 Å². The first-order valence-corrected chi connectivity index (χ1v) is 6.88. The van der Waals surface area contributed by atoms with Crippen LogP contribution in [0.25, 0.3) is 0 Å². The Morgan fingerprint density at radius 2 is 2.25 bits per heavy atom. The summed E-state index contributed by atoms with van der Waals surface area (Å²) in [5.74, 6) is 0. The maximum atomic E-state index is 5.59. The van der Waals surface area contributed by atoms with E-state index in [9.17, 15) is 0 Å². The molecule has 90 valence electrons. The molecule has 1 aliphatic rings. The summed E-state index contributed by atoms with van der Waals surface area (Å²) in [5.41, 5.74) is 7.10. The fraction of sp³-hybridized carbons (Fsp3) is 0.750. The molecule has 16 heavy (non-hydrogen) atoms. The van der Waals surface area contributed by atoms with Gasteiger partial charge in [0.2, 0.25) is 0 Å². The van der Waals surface area contributed by atoms with Crippen molar-refractivity contribution in [2.24, 2.45) is 11.1 Å². The Morgan fingerprint density at radius 3 is 2.94 bits per heavy atom. The van der Waals surface area contributed by atoms with Crippen molar-refractivity contribution < 1.29 is 0 Å². The number of aromatic nitrogens is 1. The van der Waals surface area contributed by atoms with Crippen LogP contribution < -0.4 is 10.6 Å². The van der Waals surface area contributed by atoms with Gasteiger partial charge >= 0.3 is 0 Å². The molecule has 0 atom stereocenters. The van der Waals surface area contributed by atoms with Gasteiger partial charge in [0.25, 0.3) is 0 Å². The number of nitrogens with zero attached hydrogens (tertiary/aromatic N) is 2. The van der Waals surface area contributed by atoms with Gasteiger partial charge in [-0.25, -0.2) is 4.98 Å². The fourth-order valence-corrected chi connectivity index (χ4v) is 3.04. The van der Waals surface area contributed by atoms with Gasteiger partial charge in [-0.3, -0.25) is 0 Å². The normalized spacial score (nSPS) is 20.8. The predicted molar refractivity (Wildman–Crippen MR) is 69.9 cm³/mol. The van der Waals surface area contributed by atoms with Crippen LogP contribution in [0.1, 0.15) is 38.8 Å². The van der Waals surface area contributed by atoms with Gasteiger partial charge in [0.05, 0.1) is 5.69 Å². The molecule has 3 nitrogen and oxygen atoms in total. The van der Waals surface area contributed by atoms with Crippen molar-refractivity contribution in [2.45, 2.75) is 39.7 Å². The molecule has 0 aromatic carbocycles. The lowest BCUT2D eigenvalue weighted by Gasteiger charge is -2.22. The summed E-state index contributed by atoms with van der Waals surface area (Å²) in [4.78, 5) is 6.98. The van der Waals surface area contributed by atoms with Crippen molar-refractivity contribution in [3.63, 3.8) is 0 Å².